The molecule has 0 bridgehead atoms. The van der Waals surface area contributed by atoms with Crippen LogP contribution in [-0.2, 0) is 0 Å². The number of nitrogens with zero attached hydrogens (tertiary/aromatic N) is 1. The van der Waals surface area contributed by atoms with Crippen LogP contribution in [0.5, 0.6) is 0 Å². The van der Waals surface area contributed by atoms with Crippen LogP contribution in [0.25, 0.3) is 0 Å². The van der Waals surface area contributed by atoms with Gasteiger partial charge in [-0.15, -0.1) is 0 Å². The molecule has 0 aromatic rings. The highest BCUT2D eigenvalue weighted by molar-refractivity contribution is 5.02. The Morgan fingerprint density at radius 3 is 1.88 bits per heavy atom. The first-order valence-electron chi connectivity index (χ1n) is 2.88. The third kappa shape index (κ3) is 1.51. The molecule has 0 aliphatic carbocycles. The van der Waals surface area contributed by atoms with Crippen LogP contribution in [0.2, 0.25) is 0 Å². The van der Waals surface area contributed by atoms with Crippen molar-refractivity contribution in [3.63, 3.8) is 0 Å². The van der Waals surface area contributed by atoms with Crippen molar-refractivity contribution in [2.75, 3.05) is 0 Å². The molecule has 0 heterocycles. The maximum atomic E-state index is 8.41. The van der Waals surface area contributed by atoms with Crippen molar-refractivity contribution in [2.24, 2.45) is 5.73 Å². The molecular formula is C6H12N2. The summed E-state index contributed by atoms with van der Waals surface area (Å²) in [6.07, 6.45) is 1.47. The SMILES string of the molecule is CCC(N)(C#N)CC. The summed E-state index contributed by atoms with van der Waals surface area (Å²) < 4.78 is 0. The smallest absolute Gasteiger partial charge is 0.103 e. The van der Waals surface area contributed by atoms with Gasteiger partial charge in [0.2, 0.25) is 0 Å². The highest BCUT2D eigenvalue weighted by atomic mass is 14.7. The molecule has 2 N–H and O–H groups in total. The molecule has 46 valence electrons. The summed E-state index contributed by atoms with van der Waals surface area (Å²) in [5.41, 5.74) is 4.97. The third-order valence-corrected chi connectivity index (χ3v) is 1.48. The van der Waals surface area contributed by atoms with E-state index in [1.807, 2.05) is 13.8 Å². The lowest BCUT2D eigenvalue weighted by Gasteiger charge is -2.14. The highest BCUT2D eigenvalue weighted by Crippen LogP contribution is 2.07. The van der Waals surface area contributed by atoms with E-state index in [9.17, 15) is 0 Å². The van der Waals surface area contributed by atoms with E-state index in [2.05, 4.69) is 6.07 Å². The first-order valence-corrected chi connectivity index (χ1v) is 2.88. The molecule has 0 rings (SSSR count). The van der Waals surface area contributed by atoms with E-state index < -0.39 is 5.54 Å². The van der Waals surface area contributed by atoms with Crippen molar-refractivity contribution in [1.82, 2.24) is 0 Å². The van der Waals surface area contributed by atoms with E-state index in [0.717, 1.165) is 12.8 Å². The average Bonchev–Trinajstić information content (AvgIpc) is 1.87. The molecule has 0 aromatic carbocycles. The monoisotopic (exact) mass is 112 g/mol. The second kappa shape index (κ2) is 2.68. The topological polar surface area (TPSA) is 49.8 Å². The van der Waals surface area contributed by atoms with Gasteiger partial charge in [0.25, 0.3) is 0 Å². The first kappa shape index (κ1) is 7.45. The molecule has 2 nitrogen and oxygen atoms in total. The molecule has 0 fully saturated rings. The van der Waals surface area contributed by atoms with Crippen LogP contribution in [0.15, 0.2) is 0 Å². The second-order valence-corrected chi connectivity index (χ2v) is 1.98. The van der Waals surface area contributed by atoms with Gasteiger partial charge in [0.05, 0.1) is 6.07 Å². The molecule has 0 aliphatic heterocycles. The standard InChI is InChI=1S/C6H12N2/c1-3-6(8,4-2)5-7/h3-4,8H2,1-2H3. The van der Waals surface area contributed by atoms with Gasteiger partial charge in [-0.2, -0.15) is 5.26 Å². The minimum absolute atomic E-state index is 0.569. The zero-order chi connectivity index (χ0) is 6.62. The predicted octanol–water partition coefficient (Wildman–Crippen LogP) is 1.03. The van der Waals surface area contributed by atoms with Gasteiger partial charge in [0.15, 0.2) is 0 Å². The predicted molar refractivity (Wildman–Crippen MR) is 33.1 cm³/mol. The highest BCUT2D eigenvalue weighted by Gasteiger charge is 2.17. The summed E-state index contributed by atoms with van der Waals surface area (Å²) in [7, 11) is 0. The molecule has 0 aromatic heterocycles. The van der Waals surface area contributed by atoms with Gasteiger partial charge in [0.1, 0.15) is 5.54 Å². The molecule has 0 spiro atoms. The molecule has 0 saturated heterocycles. The number of nitriles is 1. The van der Waals surface area contributed by atoms with Crippen LogP contribution in [0, 0.1) is 11.3 Å². The Kier molecular flexibility index (Phi) is 2.50. The Hall–Kier alpha value is -0.550. The largest absolute Gasteiger partial charge is 0.313 e. The average molecular weight is 112 g/mol. The summed E-state index contributed by atoms with van der Waals surface area (Å²) in [5.74, 6) is 0. The molecule has 0 saturated carbocycles. The van der Waals surface area contributed by atoms with E-state index in [4.69, 9.17) is 11.0 Å². The Labute approximate surface area is 50.3 Å². The number of hydrogen-bond donors (Lipinski definition) is 1. The molecule has 2 heteroatoms. The van der Waals surface area contributed by atoms with Gasteiger partial charge in [-0.1, -0.05) is 13.8 Å². The minimum Gasteiger partial charge on any atom is -0.313 e. The lowest BCUT2D eigenvalue weighted by atomic mass is 9.97. The quantitative estimate of drug-likeness (QED) is 0.580. The van der Waals surface area contributed by atoms with Crippen molar-refractivity contribution >= 4 is 0 Å². The number of rotatable bonds is 2. The van der Waals surface area contributed by atoms with E-state index in [1.165, 1.54) is 0 Å². The molecule has 0 radical (unpaired) electrons. The van der Waals surface area contributed by atoms with Gasteiger partial charge in [-0.05, 0) is 12.8 Å². The summed E-state index contributed by atoms with van der Waals surface area (Å²) in [4.78, 5) is 0. The molecule has 0 amide bonds. The lowest BCUT2D eigenvalue weighted by molar-refractivity contribution is 0.506. The fraction of sp³-hybridized carbons (Fsp3) is 0.833. The molecule has 0 unspecified atom stereocenters. The normalized spacial score (nSPS) is 10.8. The minimum atomic E-state index is -0.569. The Morgan fingerprint density at radius 2 is 1.88 bits per heavy atom. The van der Waals surface area contributed by atoms with Crippen LogP contribution in [-0.4, -0.2) is 5.54 Å². The van der Waals surface area contributed by atoms with Gasteiger partial charge >= 0.3 is 0 Å². The van der Waals surface area contributed by atoms with Gasteiger partial charge in [-0.3, -0.25) is 0 Å². The van der Waals surface area contributed by atoms with Crippen molar-refractivity contribution in [3.8, 4) is 6.07 Å². The zero-order valence-electron chi connectivity index (χ0n) is 5.44. The fourth-order valence-electron chi connectivity index (χ4n) is 0.408. The fourth-order valence-corrected chi connectivity index (χ4v) is 0.408. The van der Waals surface area contributed by atoms with Gasteiger partial charge in [-0.25, -0.2) is 0 Å². The van der Waals surface area contributed by atoms with Crippen molar-refractivity contribution < 1.29 is 0 Å². The number of nitrogens with two attached hydrogens (primary N) is 1. The third-order valence-electron chi connectivity index (χ3n) is 1.48. The van der Waals surface area contributed by atoms with E-state index in [-0.39, 0.29) is 0 Å². The van der Waals surface area contributed by atoms with Crippen molar-refractivity contribution in [3.05, 3.63) is 0 Å². The van der Waals surface area contributed by atoms with Crippen LogP contribution >= 0.6 is 0 Å². The molecule has 8 heavy (non-hydrogen) atoms. The molecule has 0 atom stereocenters. The lowest BCUT2D eigenvalue weighted by Crippen LogP contribution is -2.35. The van der Waals surface area contributed by atoms with E-state index >= 15 is 0 Å². The van der Waals surface area contributed by atoms with Crippen molar-refractivity contribution in [2.45, 2.75) is 32.2 Å². The second-order valence-electron chi connectivity index (χ2n) is 1.98. The van der Waals surface area contributed by atoms with Gasteiger partial charge < -0.3 is 5.73 Å². The molecule has 0 aliphatic rings. The Morgan fingerprint density at radius 1 is 1.50 bits per heavy atom. The summed E-state index contributed by atoms with van der Waals surface area (Å²) >= 11 is 0. The maximum Gasteiger partial charge on any atom is 0.103 e. The van der Waals surface area contributed by atoms with Crippen LogP contribution < -0.4 is 5.73 Å². The summed E-state index contributed by atoms with van der Waals surface area (Å²) in [5, 5.41) is 8.41. The van der Waals surface area contributed by atoms with E-state index in [0.29, 0.717) is 0 Å². The maximum absolute atomic E-state index is 8.41. The Bertz CT molecular complexity index is 97.6. The summed E-state index contributed by atoms with van der Waals surface area (Å²) in [6.45, 7) is 3.85. The Balaban J connectivity index is 3.83. The van der Waals surface area contributed by atoms with Crippen LogP contribution in [0.4, 0.5) is 0 Å². The number of hydrogen-bond acceptors (Lipinski definition) is 2. The van der Waals surface area contributed by atoms with Crippen molar-refractivity contribution in [1.29, 1.82) is 5.26 Å². The first-order chi connectivity index (χ1) is 3.68. The van der Waals surface area contributed by atoms with Gasteiger partial charge in [0, 0.05) is 0 Å². The molecular weight excluding hydrogens is 100 g/mol. The van der Waals surface area contributed by atoms with Crippen LogP contribution in [0.3, 0.4) is 0 Å². The zero-order valence-corrected chi connectivity index (χ0v) is 5.44. The van der Waals surface area contributed by atoms with Crippen LogP contribution in [0.1, 0.15) is 26.7 Å². The summed E-state index contributed by atoms with van der Waals surface area (Å²) in [6, 6.07) is 2.06. The van der Waals surface area contributed by atoms with E-state index in [1.54, 1.807) is 0 Å².